The SMILES string of the molecule is CCCCN(C)S(=O)(=O)Nc1ccc(C(=O)OCC)cc1. The van der Waals surface area contributed by atoms with E-state index in [0.717, 1.165) is 12.8 Å². The van der Waals surface area contributed by atoms with Gasteiger partial charge in [0, 0.05) is 19.3 Å². The molecule has 0 spiro atoms. The first kappa shape index (κ1) is 17.5. The Balaban J connectivity index is 2.73. The van der Waals surface area contributed by atoms with Gasteiger partial charge in [0.25, 0.3) is 0 Å². The van der Waals surface area contributed by atoms with E-state index in [1.165, 1.54) is 35.6 Å². The number of esters is 1. The minimum absolute atomic E-state index is 0.301. The molecule has 0 aliphatic heterocycles. The Morgan fingerprint density at radius 3 is 2.38 bits per heavy atom. The summed E-state index contributed by atoms with van der Waals surface area (Å²) in [4.78, 5) is 11.5. The maximum atomic E-state index is 12.1. The molecule has 118 valence electrons. The van der Waals surface area contributed by atoms with Crippen LogP contribution in [0.25, 0.3) is 0 Å². The Kier molecular flexibility index (Phi) is 6.64. The van der Waals surface area contributed by atoms with Crippen LogP contribution in [0.15, 0.2) is 24.3 Å². The molecule has 1 aromatic carbocycles. The lowest BCUT2D eigenvalue weighted by Crippen LogP contribution is -2.33. The van der Waals surface area contributed by atoms with Crippen molar-refractivity contribution in [1.29, 1.82) is 0 Å². The van der Waals surface area contributed by atoms with Crippen LogP contribution in [-0.2, 0) is 14.9 Å². The summed E-state index contributed by atoms with van der Waals surface area (Å²) in [5.74, 6) is -0.424. The lowest BCUT2D eigenvalue weighted by molar-refractivity contribution is 0.0526. The molecule has 0 radical (unpaired) electrons. The van der Waals surface area contributed by atoms with Gasteiger partial charge in [-0.2, -0.15) is 12.7 Å². The smallest absolute Gasteiger partial charge is 0.338 e. The monoisotopic (exact) mass is 314 g/mol. The Hall–Kier alpha value is -1.60. The second kappa shape index (κ2) is 7.99. The van der Waals surface area contributed by atoms with Crippen LogP contribution < -0.4 is 4.72 Å². The summed E-state index contributed by atoms with van der Waals surface area (Å²) in [5, 5.41) is 0. The molecule has 0 atom stereocenters. The van der Waals surface area contributed by atoms with Gasteiger partial charge < -0.3 is 4.74 Å². The van der Waals surface area contributed by atoms with Crippen molar-refractivity contribution in [3.8, 4) is 0 Å². The summed E-state index contributed by atoms with van der Waals surface area (Å²) in [6.45, 7) is 4.50. The minimum atomic E-state index is -3.56. The van der Waals surface area contributed by atoms with E-state index in [2.05, 4.69) is 4.72 Å². The van der Waals surface area contributed by atoms with E-state index < -0.39 is 16.2 Å². The van der Waals surface area contributed by atoms with Gasteiger partial charge in [0.05, 0.1) is 12.2 Å². The predicted octanol–water partition coefficient (Wildman–Crippen LogP) is 2.25. The number of ether oxygens (including phenoxy) is 1. The average Bonchev–Trinajstić information content (AvgIpc) is 2.45. The second-order valence-corrected chi connectivity index (χ2v) is 6.36. The molecule has 0 saturated carbocycles. The molecule has 21 heavy (non-hydrogen) atoms. The van der Waals surface area contributed by atoms with E-state index in [0.29, 0.717) is 24.4 Å². The number of carbonyl (C=O) groups is 1. The first-order valence-corrected chi connectivity index (χ1v) is 8.36. The highest BCUT2D eigenvalue weighted by molar-refractivity contribution is 7.90. The standard InChI is InChI=1S/C14H22N2O4S/c1-4-6-11-16(3)21(18,19)15-13-9-7-12(8-10-13)14(17)20-5-2/h7-10,15H,4-6,11H2,1-3H3. The van der Waals surface area contributed by atoms with Gasteiger partial charge in [-0.1, -0.05) is 13.3 Å². The van der Waals surface area contributed by atoms with Crippen molar-refractivity contribution in [1.82, 2.24) is 4.31 Å². The van der Waals surface area contributed by atoms with Crippen molar-refractivity contribution in [2.75, 3.05) is 24.9 Å². The number of rotatable bonds is 8. The highest BCUT2D eigenvalue weighted by Crippen LogP contribution is 2.13. The van der Waals surface area contributed by atoms with Crippen LogP contribution in [0, 0.1) is 0 Å². The van der Waals surface area contributed by atoms with Gasteiger partial charge in [-0.05, 0) is 37.6 Å². The Morgan fingerprint density at radius 2 is 1.86 bits per heavy atom. The molecule has 0 amide bonds. The Labute approximate surface area is 126 Å². The molecule has 0 aliphatic carbocycles. The van der Waals surface area contributed by atoms with E-state index in [1.54, 1.807) is 6.92 Å². The topological polar surface area (TPSA) is 75.7 Å². The molecule has 7 heteroatoms. The molecule has 0 fully saturated rings. The number of carbonyl (C=O) groups excluding carboxylic acids is 1. The third-order valence-corrected chi connectivity index (χ3v) is 4.38. The highest BCUT2D eigenvalue weighted by atomic mass is 32.2. The maximum Gasteiger partial charge on any atom is 0.338 e. The van der Waals surface area contributed by atoms with Gasteiger partial charge in [0.1, 0.15) is 0 Å². The number of anilines is 1. The molecular formula is C14H22N2O4S. The largest absolute Gasteiger partial charge is 0.462 e. The molecule has 0 bridgehead atoms. The van der Waals surface area contributed by atoms with Crippen molar-refractivity contribution in [2.24, 2.45) is 0 Å². The maximum absolute atomic E-state index is 12.1. The summed E-state index contributed by atoms with van der Waals surface area (Å²) in [6, 6.07) is 6.14. The first-order valence-electron chi connectivity index (χ1n) is 6.92. The Morgan fingerprint density at radius 1 is 1.24 bits per heavy atom. The van der Waals surface area contributed by atoms with Crippen LogP contribution in [0.4, 0.5) is 5.69 Å². The quantitative estimate of drug-likeness (QED) is 0.747. The van der Waals surface area contributed by atoms with Crippen LogP contribution in [0.1, 0.15) is 37.0 Å². The number of nitrogens with zero attached hydrogens (tertiary/aromatic N) is 1. The highest BCUT2D eigenvalue weighted by Gasteiger charge is 2.17. The zero-order valence-corrected chi connectivity index (χ0v) is 13.4. The molecule has 1 aromatic rings. The van der Waals surface area contributed by atoms with Crippen LogP contribution in [0.5, 0.6) is 0 Å². The summed E-state index contributed by atoms with van der Waals surface area (Å²) >= 11 is 0. The van der Waals surface area contributed by atoms with Crippen molar-refractivity contribution in [2.45, 2.75) is 26.7 Å². The lowest BCUT2D eigenvalue weighted by Gasteiger charge is -2.18. The van der Waals surface area contributed by atoms with Gasteiger partial charge in [-0.15, -0.1) is 0 Å². The van der Waals surface area contributed by atoms with E-state index in [4.69, 9.17) is 4.74 Å². The molecular weight excluding hydrogens is 292 g/mol. The van der Waals surface area contributed by atoms with Crippen LogP contribution in [0.3, 0.4) is 0 Å². The fourth-order valence-corrected chi connectivity index (χ4v) is 2.58. The molecule has 1 rings (SSSR count). The normalized spacial score (nSPS) is 11.4. The van der Waals surface area contributed by atoms with Crippen molar-refractivity contribution in [3.63, 3.8) is 0 Å². The number of nitrogens with one attached hydrogen (secondary N) is 1. The molecule has 0 saturated heterocycles. The molecule has 0 aliphatic rings. The lowest BCUT2D eigenvalue weighted by atomic mass is 10.2. The summed E-state index contributed by atoms with van der Waals surface area (Å²) in [5.41, 5.74) is 0.797. The van der Waals surface area contributed by atoms with E-state index in [9.17, 15) is 13.2 Å². The third-order valence-electron chi connectivity index (χ3n) is 2.88. The number of benzene rings is 1. The van der Waals surface area contributed by atoms with E-state index in [-0.39, 0.29) is 0 Å². The molecule has 1 N–H and O–H groups in total. The van der Waals surface area contributed by atoms with Crippen molar-refractivity contribution >= 4 is 21.9 Å². The van der Waals surface area contributed by atoms with Gasteiger partial charge in [0.15, 0.2) is 0 Å². The fraction of sp³-hybridized carbons (Fsp3) is 0.500. The van der Waals surface area contributed by atoms with E-state index in [1.807, 2.05) is 6.92 Å². The fourth-order valence-electron chi connectivity index (χ4n) is 1.62. The number of unbranched alkanes of at least 4 members (excludes halogenated alkanes) is 1. The zero-order chi connectivity index (χ0) is 15.9. The van der Waals surface area contributed by atoms with Gasteiger partial charge in [-0.25, -0.2) is 4.79 Å². The molecule has 0 heterocycles. The minimum Gasteiger partial charge on any atom is -0.462 e. The van der Waals surface area contributed by atoms with Gasteiger partial charge in [0.2, 0.25) is 0 Å². The summed E-state index contributed by atoms with van der Waals surface area (Å²) < 4.78 is 32.7. The predicted molar refractivity (Wildman–Crippen MR) is 82.5 cm³/mol. The zero-order valence-electron chi connectivity index (χ0n) is 12.6. The summed E-state index contributed by atoms with van der Waals surface area (Å²) in [7, 11) is -2.03. The first-order chi connectivity index (χ1) is 9.90. The van der Waals surface area contributed by atoms with Gasteiger partial charge >= 0.3 is 16.2 Å². The van der Waals surface area contributed by atoms with Crippen LogP contribution in [-0.4, -0.2) is 38.9 Å². The second-order valence-electron chi connectivity index (χ2n) is 4.58. The van der Waals surface area contributed by atoms with E-state index >= 15 is 0 Å². The number of hydrogen-bond acceptors (Lipinski definition) is 4. The van der Waals surface area contributed by atoms with Crippen molar-refractivity contribution in [3.05, 3.63) is 29.8 Å². The molecule has 0 unspecified atom stereocenters. The van der Waals surface area contributed by atoms with Gasteiger partial charge in [-0.3, -0.25) is 4.72 Å². The number of hydrogen-bond donors (Lipinski definition) is 1. The summed E-state index contributed by atoms with van der Waals surface area (Å²) in [6.07, 6.45) is 1.73. The Bertz CT molecular complexity index is 555. The van der Waals surface area contributed by atoms with Crippen LogP contribution >= 0.6 is 0 Å². The average molecular weight is 314 g/mol. The molecule has 6 nitrogen and oxygen atoms in total. The van der Waals surface area contributed by atoms with Crippen LogP contribution in [0.2, 0.25) is 0 Å². The van der Waals surface area contributed by atoms with Crippen molar-refractivity contribution < 1.29 is 17.9 Å². The third kappa shape index (κ3) is 5.35. The molecule has 0 aromatic heterocycles.